The number of rotatable bonds is 4. The molecule has 8 atom stereocenters. The molecule has 0 aromatic heterocycles. The van der Waals surface area contributed by atoms with E-state index in [0.29, 0.717) is 12.3 Å². The zero-order chi connectivity index (χ0) is 18.7. The molecule has 0 unspecified atom stereocenters. The molecule has 4 aliphatic heterocycles. The van der Waals surface area contributed by atoms with E-state index in [9.17, 15) is 8.42 Å². The fraction of sp³-hybridized carbons (Fsp3) is 1.00. The van der Waals surface area contributed by atoms with Gasteiger partial charge in [-0.1, -0.05) is 27.2 Å². The highest BCUT2D eigenvalue weighted by molar-refractivity contribution is 7.91. The summed E-state index contributed by atoms with van der Waals surface area (Å²) in [6.07, 6.45) is 4.51. The van der Waals surface area contributed by atoms with Crippen molar-refractivity contribution in [2.75, 3.05) is 5.75 Å². The van der Waals surface area contributed by atoms with Gasteiger partial charge < -0.3 is 9.47 Å². The van der Waals surface area contributed by atoms with Gasteiger partial charge in [0.1, 0.15) is 0 Å². The molecule has 4 heterocycles. The second-order valence-electron chi connectivity index (χ2n) is 8.99. The molecule has 26 heavy (non-hydrogen) atoms. The lowest BCUT2D eigenvalue weighted by molar-refractivity contribution is -0.568. The highest BCUT2D eigenvalue weighted by Crippen LogP contribution is 2.60. The van der Waals surface area contributed by atoms with Gasteiger partial charge in [0.25, 0.3) is 0 Å². The quantitative estimate of drug-likeness (QED) is 0.688. The van der Waals surface area contributed by atoms with Gasteiger partial charge in [-0.2, -0.15) is 0 Å². The van der Waals surface area contributed by atoms with Crippen LogP contribution in [0.25, 0.3) is 0 Å². The molecule has 0 radical (unpaired) electrons. The van der Waals surface area contributed by atoms with E-state index < -0.39 is 33.0 Å². The summed E-state index contributed by atoms with van der Waals surface area (Å²) in [5.41, 5.74) is -1.51. The van der Waals surface area contributed by atoms with Gasteiger partial charge in [0.2, 0.25) is 5.79 Å². The van der Waals surface area contributed by atoms with Gasteiger partial charge >= 0.3 is 0 Å². The molecule has 0 aromatic carbocycles. The lowest BCUT2D eigenvalue weighted by Crippen LogP contribution is -2.71. The van der Waals surface area contributed by atoms with Gasteiger partial charge in [0.15, 0.2) is 27.2 Å². The zero-order valence-electron chi connectivity index (χ0n) is 16.3. The first-order chi connectivity index (χ1) is 12.2. The van der Waals surface area contributed by atoms with E-state index in [1.165, 1.54) is 0 Å². The van der Waals surface area contributed by atoms with Crippen LogP contribution in [0.2, 0.25) is 0 Å². The maximum Gasteiger partial charge on any atom is 0.201 e. The maximum absolute atomic E-state index is 13.0. The topological polar surface area (TPSA) is 71.1 Å². The average molecular weight is 389 g/mol. The Morgan fingerprint density at radius 2 is 1.85 bits per heavy atom. The molecular weight excluding hydrogens is 356 g/mol. The molecule has 6 nitrogen and oxygen atoms in total. The number of hydrogen-bond donors (Lipinski definition) is 0. The first kappa shape index (κ1) is 19.1. The predicted octanol–water partition coefficient (Wildman–Crippen LogP) is 3.41. The second-order valence-corrected chi connectivity index (χ2v) is 11.2. The highest BCUT2D eigenvalue weighted by atomic mass is 32.2. The molecule has 1 aliphatic carbocycles. The first-order valence-corrected chi connectivity index (χ1v) is 11.9. The van der Waals surface area contributed by atoms with Crippen LogP contribution < -0.4 is 0 Å². The SMILES string of the molecule is CCCCS(=O)(=O)[C@@H]1O[C@@H]2O[C@]3(C)CC[C@H]4[C@H](C)CC[C@@H]([C@H]1C)[C@@]24OO3. The Morgan fingerprint density at radius 1 is 1.08 bits per heavy atom. The molecule has 150 valence electrons. The largest absolute Gasteiger partial charge is 0.330 e. The Bertz CT molecular complexity index is 650. The number of unbranched alkanes of at least 4 members (excludes halogenated alkanes) is 1. The van der Waals surface area contributed by atoms with Crippen molar-refractivity contribution in [1.82, 2.24) is 0 Å². The molecule has 5 rings (SSSR count). The smallest absolute Gasteiger partial charge is 0.201 e. The lowest BCUT2D eigenvalue weighted by atomic mass is 9.58. The average Bonchev–Trinajstić information content (AvgIpc) is 2.82. The molecule has 0 aromatic rings. The Kier molecular flexibility index (Phi) is 4.71. The summed E-state index contributed by atoms with van der Waals surface area (Å²) in [6, 6.07) is 0. The van der Waals surface area contributed by atoms with Crippen LogP contribution in [-0.2, 0) is 29.1 Å². The molecule has 0 amide bonds. The van der Waals surface area contributed by atoms with Crippen LogP contribution in [0.15, 0.2) is 0 Å². The van der Waals surface area contributed by atoms with E-state index in [4.69, 9.17) is 19.2 Å². The van der Waals surface area contributed by atoms with Gasteiger partial charge in [-0.15, -0.1) is 0 Å². The Balaban J connectivity index is 1.73. The minimum Gasteiger partial charge on any atom is -0.330 e. The van der Waals surface area contributed by atoms with Crippen LogP contribution in [0.3, 0.4) is 0 Å². The van der Waals surface area contributed by atoms with E-state index in [1.807, 2.05) is 20.8 Å². The van der Waals surface area contributed by atoms with Crippen molar-refractivity contribution in [1.29, 1.82) is 0 Å². The monoisotopic (exact) mass is 388 g/mol. The molecule has 1 saturated carbocycles. The van der Waals surface area contributed by atoms with E-state index in [-0.39, 0.29) is 23.5 Å². The molecular formula is C19H32O6S. The molecule has 0 N–H and O–H groups in total. The van der Waals surface area contributed by atoms with Crippen molar-refractivity contribution in [2.24, 2.45) is 23.7 Å². The van der Waals surface area contributed by atoms with Gasteiger partial charge in [-0.25, -0.2) is 18.2 Å². The zero-order valence-corrected chi connectivity index (χ0v) is 17.1. The maximum atomic E-state index is 13.0. The fourth-order valence-electron chi connectivity index (χ4n) is 5.74. The second kappa shape index (κ2) is 6.41. The number of fused-ring (bicyclic) bond motifs is 2. The predicted molar refractivity (Wildman–Crippen MR) is 95.5 cm³/mol. The van der Waals surface area contributed by atoms with Crippen molar-refractivity contribution < 1.29 is 27.7 Å². The molecule has 5 fully saturated rings. The molecule has 7 heteroatoms. The van der Waals surface area contributed by atoms with Crippen LogP contribution in [-0.4, -0.2) is 37.3 Å². The summed E-state index contributed by atoms with van der Waals surface area (Å²) in [5.74, 6) is -0.0399. The number of sulfone groups is 1. The molecule has 5 aliphatic rings. The molecule has 1 spiro atoms. The van der Waals surface area contributed by atoms with Crippen LogP contribution in [0.4, 0.5) is 0 Å². The van der Waals surface area contributed by atoms with Crippen molar-refractivity contribution in [2.45, 2.75) is 89.3 Å². The summed E-state index contributed by atoms with van der Waals surface area (Å²) in [5, 5.41) is 0. The molecule has 2 bridgehead atoms. The summed E-state index contributed by atoms with van der Waals surface area (Å²) in [7, 11) is -3.35. The third-order valence-electron chi connectivity index (χ3n) is 7.23. The van der Waals surface area contributed by atoms with Gasteiger partial charge in [-0.05, 0) is 44.4 Å². The summed E-state index contributed by atoms with van der Waals surface area (Å²) >= 11 is 0. The summed E-state index contributed by atoms with van der Waals surface area (Å²) in [6.45, 7) is 8.12. The Labute approximate surface area is 156 Å². The number of hydrogen-bond acceptors (Lipinski definition) is 6. The standard InChI is InChI=1S/C19H32O6S/c1-5-6-11-26(20,21)16-13(3)15-8-7-12(2)14-9-10-18(4)23-17(22-16)19(14,15)25-24-18/h12-17H,5-11H2,1-4H3/t12-,13-,14+,15+,16+,17-,18+,19-/m1/s1. The van der Waals surface area contributed by atoms with Gasteiger partial charge in [0.05, 0.1) is 5.75 Å². The third-order valence-corrected chi connectivity index (χ3v) is 9.34. The summed E-state index contributed by atoms with van der Waals surface area (Å²) < 4.78 is 38.4. The molecule has 4 saturated heterocycles. The third kappa shape index (κ3) is 2.69. The van der Waals surface area contributed by atoms with Crippen molar-refractivity contribution in [3.63, 3.8) is 0 Å². The van der Waals surface area contributed by atoms with E-state index >= 15 is 0 Å². The minimum absolute atomic E-state index is 0.0616. The van der Waals surface area contributed by atoms with Crippen LogP contribution in [0, 0.1) is 23.7 Å². The Morgan fingerprint density at radius 3 is 2.58 bits per heavy atom. The van der Waals surface area contributed by atoms with E-state index in [1.54, 1.807) is 0 Å². The fourth-order valence-corrected chi connectivity index (χ4v) is 7.78. The van der Waals surface area contributed by atoms with E-state index in [0.717, 1.165) is 32.1 Å². The Hall–Kier alpha value is -0.210. The van der Waals surface area contributed by atoms with Crippen molar-refractivity contribution in [3.8, 4) is 0 Å². The van der Waals surface area contributed by atoms with Crippen molar-refractivity contribution >= 4 is 9.84 Å². The summed E-state index contributed by atoms with van der Waals surface area (Å²) in [4.78, 5) is 11.8. The van der Waals surface area contributed by atoms with Crippen molar-refractivity contribution in [3.05, 3.63) is 0 Å². The van der Waals surface area contributed by atoms with E-state index in [2.05, 4.69) is 6.92 Å². The number of ether oxygens (including phenoxy) is 2. The highest BCUT2D eigenvalue weighted by Gasteiger charge is 2.70. The van der Waals surface area contributed by atoms with Gasteiger partial charge in [0, 0.05) is 18.3 Å². The van der Waals surface area contributed by atoms with Crippen LogP contribution >= 0.6 is 0 Å². The first-order valence-electron chi connectivity index (χ1n) is 10.1. The minimum atomic E-state index is -3.35. The van der Waals surface area contributed by atoms with Crippen LogP contribution in [0.1, 0.15) is 66.2 Å². The van der Waals surface area contributed by atoms with Gasteiger partial charge in [-0.3, -0.25) is 0 Å². The van der Waals surface area contributed by atoms with Crippen LogP contribution in [0.5, 0.6) is 0 Å². The normalized spacial score (nSPS) is 50.9. The lowest BCUT2D eigenvalue weighted by Gasteiger charge is -2.60.